The predicted octanol–water partition coefficient (Wildman–Crippen LogP) is 1.46. The topological polar surface area (TPSA) is 57.6 Å². The third-order valence-corrected chi connectivity index (χ3v) is 6.62. The molecule has 2 aliphatic carbocycles. The van der Waals surface area contributed by atoms with Gasteiger partial charge in [-0.15, -0.1) is 0 Å². The SMILES string of the molecule is CS(=O)(=O)N1CCCC(CC(O)C2CC3CC3C2)C1. The van der Waals surface area contributed by atoms with E-state index < -0.39 is 10.0 Å². The van der Waals surface area contributed by atoms with Crippen LogP contribution in [0.25, 0.3) is 0 Å². The first-order valence-electron chi connectivity index (χ1n) is 7.56. The van der Waals surface area contributed by atoms with Crippen LogP contribution in [0.2, 0.25) is 0 Å². The van der Waals surface area contributed by atoms with Crippen molar-refractivity contribution in [1.29, 1.82) is 0 Å². The molecule has 0 aromatic heterocycles. The maximum absolute atomic E-state index is 11.6. The minimum absolute atomic E-state index is 0.211. The third kappa shape index (κ3) is 3.14. The molecule has 110 valence electrons. The Morgan fingerprint density at radius 3 is 2.58 bits per heavy atom. The highest BCUT2D eigenvalue weighted by molar-refractivity contribution is 7.88. The van der Waals surface area contributed by atoms with E-state index in [2.05, 4.69) is 0 Å². The lowest BCUT2D eigenvalue weighted by atomic mass is 9.86. The number of aliphatic hydroxyl groups is 1. The summed E-state index contributed by atoms with van der Waals surface area (Å²) in [5, 5.41) is 10.4. The van der Waals surface area contributed by atoms with Crippen molar-refractivity contribution in [3.8, 4) is 0 Å². The van der Waals surface area contributed by atoms with Crippen molar-refractivity contribution in [1.82, 2.24) is 4.31 Å². The minimum Gasteiger partial charge on any atom is -0.393 e. The van der Waals surface area contributed by atoms with Crippen molar-refractivity contribution in [3.63, 3.8) is 0 Å². The summed E-state index contributed by atoms with van der Waals surface area (Å²) in [6, 6.07) is 0. The molecular weight excluding hydrogens is 262 g/mol. The summed E-state index contributed by atoms with van der Waals surface area (Å²) >= 11 is 0. The third-order valence-electron chi connectivity index (χ3n) is 5.35. The molecule has 1 N–H and O–H groups in total. The van der Waals surface area contributed by atoms with E-state index in [4.69, 9.17) is 0 Å². The maximum Gasteiger partial charge on any atom is 0.211 e. The van der Waals surface area contributed by atoms with Crippen LogP contribution in [0.5, 0.6) is 0 Å². The molecule has 3 rings (SSSR count). The van der Waals surface area contributed by atoms with Crippen molar-refractivity contribution in [2.24, 2.45) is 23.7 Å². The van der Waals surface area contributed by atoms with Crippen LogP contribution in [0, 0.1) is 23.7 Å². The predicted molar refractivity (Wildman–Crippen MR) is 74.1 cm³/mol. The van der Waals surface area contributed by atoms with Gasteiger partial charge in [-0.3, -0.25) is 0 Å². The number of rotatable bonds is 4. The molecule has 0 spiro atoms. The maximum atomic E-state index is 11.6. The Balaban J connectivity index is 1.51. The summed E-state index contributed by atoms with van der Waals surface area (Å²) in [7, 11) is -3.06. The number of hydrogen-bond donors (Lipinski definition) is 1. The van der Waals surface area contributed by atoms with Gasteiger partial charge in [0.25, 0.3) is 0 Å². The molecule has 3 fully saturated rings. The quantitative estimate of drug-likeness (QED) is 0.851. The Hall–Kier alpha value is -0.130. The number of hydrogen-bond acceptors (Lipinski definition) is 3. The van der Waals surface area contributed by atoms with Gasteiger partial charge in [0.1, 0.15) is 0 Å². The lowest BCUT2D eigenvalue weighted by molar-refractivity contribution is 0.0674. The van der Waals surface area contributed by atoms with Gasteiger partial charge in [-0.05, 0) is 62.2 Å². The molecule has 2 saturated carbocycles. The van der Waals surface area contributed by atoms with Crippen molar-refractivity contribution in [2.45, 2.75) is 44.6 Å². The summed E-state index contributed by atoms with van der Waals surface area (Å²) in [5.41, 5.74) is 0. The molecule has 0 aromatic rings. The van der Waals surface area contributed by atoms with E-state index in [1.54, 1.807) is 4.31 Å². The van der Waals surface area contributed by atoms with Gasteiger partial charge in [0.2, 0.25) is 10.0 Å². The molecule has 0 radical (unpaired) electrons. The standard InChI is InChI=1S/C14H25NO3S/c1-19(17,18)15-4-2-3-10(9-15)5-14(16)13-7-11-6-12(11)8-13/h10-14,16H,2-9H2,1H3. The Morgan fingerprint density at radius 2 is 1.95 bits per heavy atom. The number of nitrogens with zero attached hydrogens (tertiary/aromatic N) is 1. The zero-order valence-electron chi connectivity index (χ0n) is 11.7. The normalized spacial score (nSPS) is 40.9. The van der Waals surface area contributed by atoms with Crippen LogP contribution in [0.15, 0.2) is 0 Å². The van der Waals surface area contributed by atoms with Crippen molar-refractivity contribution in [2.75, 3.05) is 19.3 Å². The lowest BCUT2D eigenvalue weighted by Crippen LogP contribution is -2.40. The van der Waals surface area contributed by atoms with Crippen molar-refractivity contribution >= 4 is 10.0 Å². The Morgan fingerprint density at radius 1 is 1.26 bits per heavy atom. The fourth-order valence-corrected chi connectivity index (χ4v) is 5.07. The zero-order chi connectivity index (χ0) is 13.6. The van der Waals surface area contributed by atoms with E-state index >= 15 is 0 Å². The molecule has 4 unspecified atom stereocenters. The zero-order valence-corrected chi connectivity index (χ0v) is 12.5. The molecule has 4 nitrogen and oxygen atoms in total. The summed E-state index contributed by atoms with van der Waals surface area (Å²) in [5.74, 6) is 2.63. The van der Waals surface area contributed by atoms with Gasteiger partial charge in [0.05, 0.1) is 12.4 Å². The fourth-order valence-electron chi connectivity index (χ4n) is 4.13. The minimum atomic E-state index is -3.06. The van der Waals surface area contributed by atoms with Gasteiger partial charge in [-0.1, -0.05) is 0 Å². The average molecular weight is 287 g/mol. The van der Waals surface area contributed by atoms with E-state index in [-0.39, 0.29) is 6.10 Å². The van der Waals surface area contributed by atoms with Crippen molar-refractivity contribution < 1.29 is 13.5 Å². The highest BCUT2D eigenvalue weighted by Crippen LogP contribution is 2.55. The fraction of sp³-hybridized carbons (Fsp3) is 1.00. The van der Waals surface area contributed by atoms with Gasteiger partial charge < -0.3 is 5.11 Å². The Labute approximate surface area is 116 Å². The molecular formula is C14H25NO3S. The van der Waals surface area contributed by atoms with E-state index in [1.807, 2.05) is 0 Å². The Bertz CT molecular complexity index is 426. The van der Waals surface area contributed by atoms with Crippen LogP contribution in [-0.4, -0.2) is 43.3 Å². The molecule has 4 atom stereocenters. The van der Waals surface area contributed by atoms with Crippen LogP contribution in [0.1, 0.15) is 38.5 Å². The molecule has 19 heavy (non-hydrogen) atoms. The summed E-state index contributed by atoms with van der Waals surface area (Å²) in [6.07, 6.45) is 7.64. The van der Waals surface area contributed by atoms with Crippen LogP contribution in [0.3, 0.4) is 0 Å². The summed E-state index contributed by atoms with van der Waals surface area (Å²) in [6.45, 7) is 1.26. The van der Waals surface area contributed by atoms with Crippen LogP contribution >= 0.6 is 0 Å². The molecule has 3 aliphatic rings. The smallest absolute Gasteiger partial charge is 0.211 e. The van der Waals surface area contributed by atoms with E-state index in [0.717, 1.165) is 31.1 Å². The van der Waals surface area contributed by atoms with Gasteiger partial charge in [-0.25, -0.2) is 12.7 Å². The summed E-state index contributed by atoms with van der Waals surface area (Å²) < 4.78 is 24.8. The first kappa shape index (κ1) is 13.8. The van der Waals surface area contributed by atoms with Gasteiger partial charge in [0, 0.05) is 13.1 Å². The van der Waals surface area contributed by atoms with Crippen LogP contribution in [0.4, 0.5) is 0 Å². The summed E-state index contributed by atoms with van der Waals surface area (Å²) in [4.78, 5) is 0. The molecule has 1 aliphatic heterocycles. The van der Waals surface area contributed by atoms with Crippen LogP contribution in [-0.2, 0) is 10.0 Å². The van der Waals surface area contributed by atoms with Gasteiger partial charge in [0.15, 0.2) is 0 Å². The number of fused-ring (bicyclic) bond motifs is 1. The number of piperidine rings is 1. The van der Waals surface area contributed by atoms with Gasteiger partial charge in [-0.2, -0.15) is 0 Å². The monoisotopic (exact) mass is 287 g/mol. The molecule has 1 heterocycles. The van der Waals surface area contributed by atoms with Crippen molar-refractivity contribution in [3.05, 3.63) is 0 Å². The van der Waals surface area contributed by atoms with E-state index in [0.29, 0.717) is 24.9 Å². The molecule has 0 bridgehead atoms. The first-order chi connectivity index (χ1) is 8.93. The molecule has 0 aromatic carbocycles. The van der Waals surface area contributed by atoms with E-state index in [9.17, 15) is 13.5 Å². The number of sulfonamides is 1. The highest BCUT2D eigenvalue weighted by atomic mass is 32.2. The largest absolute Gasteiger partial charge is 0.393 e. The average Bonchev–Trinajstić information content (AvgIpc) is 2.95. The molecule has 0 amide bonds. The first-order valence-corrected chi connectivity index (χ1v) is 9.41. The second-order valence-corrected chi connectivity index (χ2v) is 8.90. The molecule has 1 saturated heterocycles. The van der Waals surface area contributed by atoms with Crippen LogP contribution < -0.4 is 0 Å². The van der Waals surface area contributed by atoms with E-state index in [1.165, 1.54) is 25.5 Å². The number of aliphatic hydroxyl groups excluding tert-OH is 1. The highest BCUT2D eigenvalue weighted by Gasteiger charge is 2.47. The second kappa shape index (κ2) is 5.01. The second-order valence-electron chi connectivity index (χ2n) is 6.92. The Kier molecular flexibility index (Phi) is 3.65. The molecule has 5 heteroatoms. The van der Waals surface area contributed by atoms with Gasteiger partial charge >= 0.3 is 0 Å². The lowest BCUT2D eigenvalue weighted by Gasteiger charge is -2.33.